The molecule has 0 aliphatic carbocycles. The molecular weight excluding hydrogens is 418 g/mol. The number of benzene rings is 2. The minimum absolute atomic E-state index is 0.0926. The molecule has 2 heterocycles. The number of nitrogens with zero attached hydrogens (tertiary/aromatic N) is 5. The van der Waals surface area contributed by atoms with Crippen molar-refractivity contribution in [1.82, 2.24) is 4.98 Å². The Morgan fingerprint density at radius 3 is 2.71 bits per heavy atom. The van der Waals surface area contributed by atoms with Crippen molar-refractivity contribution in [3.63, 3.8) is 0 Å². The first kappa shape index (κ1) is 20.4. The number of amides is 1. The van der Waals surface area contributed by atoms with Crippen LogP contribution in [0.15, 0.2) is 69.2 Å². The normalized spacial score (nSPS) is 16.1. The third-order valence-corrected chi connectivity index (χ3v) is 5.35. The van der Waals surface area contributed by atoms with E-state index in [0.717, 1.165) is 17.0 Å². The third-order valence-electron chi connectivity index (χ3n) is 4.54. The number of anilines is 1. The van der Waals surface area contributed by atoms with E-state index in [1.807, 2.05) is 29.6 Å². The molecule has 4 rings (SSSR count). The van der Waals surface area contributed by atoms with Crippen LogP contribution in [0.1, 0.15) is 17.3 Å². The van der Waals surface area contributed by atoms with Gasteiger partial charge in [0.25, 0.3) is 5.91 Å². The highest BCUT2D eigenvalue weighted by molar-refractivity contribution is 7.14. The predicted octanol–water partition coefficient (Wildman–Crippen LogP) is 4.39. The largest absolute Gasteiger partial charge is 0.497 e. The van der Waals surface area contributed by atoms with Crippen molar-refractivity contribution in [1.29, 1.82) is 0 Å². The van der Waals surface area contributed by atoms with Crippen molar-refractivity contribution >= 4 is 39.7 Å². The number of aromatic nitrogens is 1. The van der Waals surface area contributed by atoms with Gasteiger partial charge in [-0.25, -0.2) is 9.78 Å². The Labute approximate surface area is 181 Å². The fraction of sp³-hybridized carbons (Fsp3) is 0.143. The molecule has 1 atom stereocenters. The number of ether oxygens (including phenoxy) is 1. The van der Waals surface area contributed by atoms with Crippen LogP contribution in [0, 0.1) is 0 Å². The van der Waals surface area contributed by atoms with Crippen molar-refractivity contribution in [2.45, 2.75) is 13.0 Å². The molecule has 1 aliphatic heterocycles. The van der Waals surface area contributed by atoms with Gasteiger partial charge in [-0.3, -0.25) is 4.79 Å². The lowest BCUT2D eigenvalue weighted by Gasteiger charge is -2.08. The first-order valence-corrected chi connectivity index (χ1v) is 10.1. The van der Waals surface area contributed by atoms with Gasteiger partial charge in [-0.05, 0) is 49.4 Å². The van der Waals surface area contributed by atoms with Crippen molar-refractivity contribution in [3.8, 4) is 17.0 Å². The summed E-state index contributed by atoms with van der Waals surface area (Å²) < 4.78 is 5.17. The smallest absolute Gasteiger partial charge is 0.335 e. The highest BCUT2D eigenvalue weighted by Gasteiger charge is 2.36. The van der Waals surface area contributed by atoms with Gasteiger partial charge in [0.15, 0.2) is 6.04 Å². The molecule has 0 saturated carbocycles. The Morgan fingerprint density at radius 2 is 2.00 bits per heavy atom. The lowest BCUT2D eigenvalue weighted by Crippen LogP contribution is -2.29. The fourth-order valence-corrected chi connectivity index (χ4v) is 3.70. The molecular formula is C21H17N5O4S. The quantitative estimate of drug-likeness (QED) is 0.576. The molecule has 1 aromatic heterocycles. The Balaban J connectivity index is 1.52. The van der Waals surface area contributed by atoms with Crippen LogP contribution < -0.4 is 9.75 Å². The van der Waals surface area contributed by atoms with Gasteiger partial charge in [0.2, 0.25) is 5.13 Å². The number of hydrogen-bond acceptors (Lipinski definition) is 8. The fourth-order valence-electron chi connectivity index (χ4n) is 2.91. The number of carboxylic acid groups (broad SMARTS) is 1. The van der Waals surface area contributed by atoms with E-state index in [4.69, 9.17) is 9.84 Å². The first-order chi connectivity index (χ1) is 15.0. The zero-order chi connectivity index (χ0) is 22.0. The van der Waals surface area contributed by atoms with Crippen LogP contribution >= 0.6 is 11.3 Å². The molecule has 1 unspecified atom stereocenters. The van der Waals surface area contributed by atoms with Crippen LogP contribution in [0.3, 0.4) is 0 Å². The third kappa shape index (κ3) is 4.19. The summed E-state index contributed by atoms with van der Waals surface area (Å²) in [7, 11) is 1.60. The lowest BCUT2D eigenvalue weighted by atomic mass is 10.2. The second-order valence-corrected chi connectivity index (χ2v) is 7.45. The molecule has 1 amide bonds. The molecule has 9 nitrogen and oxygen atoms in total. The van der Waals surface area contributed by atoms with Gasteiger partial charge in [-0.2, -0.15) is 20.3 Å². The number of methoxy groups -OCH3 is 1. The molecule has 2 aromatic carbocycles. The van der Waals surface area contributed by atoms with E-state index in [1.54, 1.807) is 26.2 Å². The molecule has 156 valence electrons. The second kappa shape index (κ2) is 8.44. The zero-order valence-electron chi connectivity index (χ0n) is 16.6. The summed E-state index contributed by atoms with van der Waals surface area (Å²) >= 11 is 1.30. The number of thiazole rings is 1. The highest BCUT2D eigenvalue weighted by Crippen LogP contribution is 2.31. The van der Waals surface area contributed by atoms with E-state index >= 15 is 0 Å². The first-order valence-electron chi connectivity index (χ1n) is 9.19. The Bertz CT molecular complexity index is 1200. The van der Waals surface area contributed by atoms with Crippen LogP contribution in [0.2, 0.25) is 0 Å². The summed E-state index contributed by atoms with van der Waals surface area (Å²) in [4.78, 5) is 28.5. The van der Waals surface area contributed by atoms with Gasteiger partial charge in [0.1, 0.15) is 5.75 Å². The average molecular weight is 435 g/mol. The Hall–Kier alpha value is -3.92. The van der Waals surface area contributed by atoms with Gasteiger partial charge in [-0.1, -0.05) is 6.07 Å². The number of rotatable bonds is 6. The topological polar surface area (TPSA) is 117 Å². The minimum atomic E-state index is -1.06. The standard InChI is InChI=1S/C21H17N5O4S/c1-12-18(24-23-15-5-3-4-14(10-15)20(28)29)19(27)26(25-12)21-22-17(11-31-21)13-6-8-16(30-2)9-7-13/h3-11,18H,1-2H3,(H,28,29). The molecule has 0 bridgehead atoms. The van der Waals surface area contributed by atoms with Crippen molar-refractivity contribution < 1.29 is 19.4 Å². The van der Waals surface area contributed by atoms with Crippen LogP contribution in [-0.2, 0) is 4.79 Å². The molecule has 0 radical (unpaired) electrons. The summed E-state index contributed by atoms with van der Waals surface area (Å²) in [5, 5.41) is 25.0. The minimum Gasteiger partial charge on any atom is -0.497 e. The molecule has 0 fully saturated rings. The number of aromatic carboxylic acids is 1. The summed E-state index contributed by atoms with van der Waals surface area (Å²) in [5.41, 5.74) is 2.53. The van der Waals surface area contributed by atoms with Crippen molar-refractivity contribution in [3.05, 3.63) is 59.5 Å². The average Bonchev–Trinajstić information content (AvgIpc) is 3.37. The molecule has 1 aliphatic rings. The van der Waals surface area contributed by atoms with Crippen molar-refractivity contribution in [2.75, 3.05) is 12.1 Å². The zero-order valence-corrected chi connectivity index (χ0v) is 17.4. The van der Waals surface area contributed by atoms with E-state index in [-0.39, 0.29) is 11.5 Å². The summed E-state index contributed by atoms with van der Waals surface area (Å²) in [6.45, 7) is 1.69. The molecule has 0 spiro atoms. The monoisotopic (exact) mass is 435 g/mol. The number of carbonyl (C=O) groups is 2. The SMILES string of the molecule is COc1ccc(-c2csc(N3N=C(C)C(N=Nc4cccc(C(=O)O)c4)C3=O)n2)cc1. The van der Waals surface area contributed by atoms with Crippen molar-refractivity contribution in [2.24, 2.45) is 15.3 Å². The second-order valence-electron chi connectivity index (χ2n) is 6.61. The van der Waals surface area contributed by atoms with E-state index in [9.17, 15) is 9.59 Å². The Morgan fingerprint density at radius 1 is 1.23 bits per heavy atom. The number of carbonyl (C=O) groups excluding carboxylic acids is 1. The summed E-state index contributed by atoms with van der Waals surface area (Å²) in [6, 6.07) is 12.6. The van der Waals surface area contributed by atoms with E-state index < -0.39 is 12.0 Å². The maximum Gasteiger partial charge on any atom is 0.335 e. The summed E-state index contributed by atoms with van der Waals surface area (Å²) in [6.07, 6.45) is 0. The van der Waals surface area contributed by atoms with E-state index in [0.29, 0.717) is 16.5 Å². The Kier molecular flexibility index (Phi) is 5.54. The number of carboxylic acids is 1. The molecule has 1 N–H and O–H groups in total. The van der Waals surface area contributed by atoms with E-state index in [2.05, 4.69) is 20.3 Å². The maximum absolute atomic E-state index is 12.9. The number of azo groups is 1. The molecule has 31 heavy (non-hydrogen) atoms. The molecule has 10 heteroatoms. The molecule has 0 saturated heterocycles. The summed E-state index contributed by atoms with van der Waals surface area (Å²) in [5.74, 6) is -0.683. The van der Waals surface area contributed by atoms with Crippen LogP contribution in [0.4, 0.5) is 10.8 Å². The highest BCUT2D eigenvalue weighted by atomic mass is 32.1. The van der Waals surface area contributed by atoms with Gasteiger partial charge in [0.05, 0.1) is 29.8 Å². The van der Waals surface area contributed by atoms with Gasteiger partial charge in [0, 0.05) is 10.9 Å². The van der Waals surface area contributed by atoms with Crippen LogP contribution in [-0.4, -0.2) is 40.8 Å². The van der Waals surface area contributed by atoms with Crippen LogP contribution in [0.25, 0.3) is 11.3 Å². The predicted molar refractivity (Wildman–Crippen MR) is 116 cm³/mol. The number of hydrazone groups is 1. The molecule has 3 aromatic rings. The van der Waals surface area contributed by atoms with Crippen LogP contribution in [0.5, 0.6) is 5.75 Å². The van der Waals surface area contributed by atoms with Gasteiger partial charge in [-0.15, -0.1) is 11.3 Å². The maximum atomic E-state index is 12.9. The number of hydrogen-bond donors (Lipinski definition) is 1. The van der Waals surface area contributed by atoms with E-state index in [1.165, 1.54) is 28.5 Å². The van der Waals surface area contributed by atoms with Gasteiger partial charge >= 0.3 is 5.97 Å². The van der Waals surface area contributed by atoms with Gasteiger partial charge < -0.3 is 9.84 Å². The lowest BCUT2D eigenvalue weighted by molar-refractivity contribution is -0.117.